The molecular weight excluding hydrogens is 498 g/mol. The molecule has 14 nitrogen and oxygen atoms in total. The first kappa shape index (κ1) is 29.8. The van der Waals surface area contributed by atoms with Crippen LogP contribution in [-0.4, -0.2) is 69.8 Å². The van der Waals surface area contributed by atoms with Crippen molar-refractivity contribution in [1.82, 2.24) is 20.9 Å². The van der Waals surface area contributed by atoms with Gasteiger partial charge in [-0.25, -0.2) is 4.79 Å². The molecule has 0 radical (unpaired) electrons. The molecule has 1 heterocycles. The van der Waals surface area contributed by atoms with Crippen LogP contribution in [0.15, 0.2) is 30.5 Å². The number of carboxylic acids is 1. The van der Waals surface area contributed by atoms with Crippen molar-refractivity contribution in [1.29, 1.82) is 0 Å². The number of aromatic nitrogens is 1. The molecule has 0 bridgehead atoms. The number of primary amides is 2. The molecule has 4 unspecified atom stereocenters. The van der Waals surface area contributed by atoms with E-state index >= 15 is 0 Å². The first-order valence-corrected chi connectivity index (χ1v) is 11.9. The SMILES string of the molecule is CC(N)C(=O)NC(CCC(N)=O)C(=O)NC(CCC(N)=O)C(=O)NC(Cc1c[nH]c2ccccc12)C(=O)O. The minimum Gasteiger partial charge on any atom is -0.480 e. The second kappa shape index (κ2) is 13.7. The Kier molecular flexibility index (Phi) is 10.8. The topological polar surface area (TPSA) is 253 Å². The number of carboxylic acid groups (broad SMARTS) is 1. The number of nitrogens with two attached hydrogens (primary N) is 3. The van der Waals surface area contributed by atoms with Crippen LogP contribution < -0.4 is 33.2 Å². The maximum atomic E-state index is 13.1. The van der Waals surface area contributed by atoms with E-state index in [0.717, 1.165) is 10.9 Å². The smallest absolute Gasteiger partial charge is 0.326 e. The Bertz CT molecular complexity index is 1190. The number of carbonyl (C=O) groups excluding carboxylic acids is 5. The zero-order valence-electron chi connectivity index (χ0n) is 20.9. The lowest BCUT2D eigenvalue weighted by Crippen LogP contribution is -2.57. The fourth-order valence-electron chi connectivity index (χ4n) is 3.68. The van der Waals surface area contributed by atoms with Gasteiger partial charge in [-0.05, 0) is 31.4 Å². The van der Waals surface area contributed by atoms with E-state index in [2.05, 4.69) is 20.9 Å². The molecule has 0 saturated heterocycles. The predicted molar refractivity (Wildman–Crippen MR) is 136 cm³/mol. The van der Waals surface area contributed by atoms with E-state index in [0.29, 0.717) is 5.56 Å². The Labute approximate surface area is 218 Å². The van der Waals surface area contributed by atoms with E-state index in [1.54, 1.807) is 18.3 Å². The highest BCUT2D eigenvalue weighted by atomic mass is 16.4. The highest BCUT2D eigenvalue weighted by Crippen LogP contribution is 2.19. The predicted octanol–water partition coefficient (Wildman–Crippen LogP) is -1.87. The molecule has 38 heavy (non-hydrogen) atoms. The number of fused-ring (bicyclic) bond motifs is 1. The van der Waals surface area contributed by atoms with E-state index in [1.165, 1.54) is 6.92 Å². The van der Waals surface area contributed by atoms with E-state index in [4.69, 9.17) is 17.2 Å². The van der Waals surface area contributed by atoms with E-state index in [9.17, 15) is 33.9 Å². The molecule has 14 heteroatoms. The van der Waals surface area contributed by atoms with Crippen molar-refractivity contribution in [3.05, 3.63) is 36.0 Å². The third kappa shape index (κ3) is 8.89. The molecular formula is C24H33N7O7. The molecule has 0 saturated carbocycles. The van der Waals surface area contributed by atoms with Gasteiger partial charge in [-0.2, -0.15) is 0 Å². The van der Waals surface area contributed by atoms with Gasteiger partial charge in [0.25, 0.3) is 0 Å². The van der Waals surface area contributed by atoms with Crippen LogP contribution in [0.1, 0.15) is 38.2 Å². The van der Waals surface area contributed by atoms with Crippen molar-refractivity contribution in [3.63, 3.8) is 0 Å². The summed E-state index contributed by atoms with van der Waals surface area (Å²) in [6.07, 6.45) is 0.618. The number of aliphatic carboxylic acids is 1. The minimum absolute atomic E-state index is 0.0622. The molecule has 1 aromatic heterocycles. The summed E-state index contributed by atoms with van der Waals surface area (Å²) < 4.78 is 0. The monoisotopic (exact) mass is 531 g/mol. The number of H-pyrrole nitrogens is 1. The van der Waals surface area contributed by atoms with Crippen LogP contribution in [-0.2, 0) is 35.2 Å². The number of benzene rings is 1. The summed E-state index contributed by atoms with van der Waals surface area (Å²) in [7, 11) is 0. The number of nitrogens with one attached hydrogen (secondary N) is 4. The summed E-state index contributed by atoms with van der Waals surface area (Å²) in [6.45, 7) is 1.39. The van der Waals surface area contributed by atoms with Crippen LogP contribution in [0.25, 0.3) is 10.9 Å². The molecule has 5 amide bonds. The van der Waals surface area contributed by atoms with E-state index in [-0.39, 0.29) is 32.1 Å². The van der Waals surface area contributed by atoms with Gasteiger partial charge in [0.1, 0.15) is 18.1 Å². The quantitative estimate of drug-likeness (QED) is 0.129. The Morgan fingerprint density at radius 2 is 1.34 bits per heavy atom. The highest BCUT2D eigenvalue weighted by Gasteiger charge is 2.30. The molecule has 1 aromatic carbocycles. The van der Waals surface area contributed by atoms with Crippen molar-refractivity contribution in [2.75, 3.05) is 0 Å². The Hall–Kier alpha value is -4.46. The van der Waals surface area contributed by atoms with Gasteiger partial charge in [0.05, 0.1) is 6.04 Å². The third-order valence-corrected chi connectivity index (χ3v) is 5.75. The highest BCUT2D eigenvalue weighted by molar-refractivity contribution is 5.95. The molecule has 0 aliphatic heterocycles. The lowest BCUT2D eigenvalue weighted by molar-refractivity contribution is -0.142. The van der Waals surface area contributed by atoms with Gasteiger partial charge in [-0.3, -0.25) is 24.0 Å². The maximum absolute atomic E-state index is 13.1. The number of hydrogen-bond donors (Lipinski definition) is 8. The number of hydrogen-bond acceptors (Lipinski definition) is 7. The standard InChI is InChI=1S/C24H33N7O7/c1-12(25)21(34)29-16(6-8-19(26)32)22(35)30-17(7-9-20(27)33)23(36)31-18(24(37)38)10-13-11-28-15-5-3-2-4-14(13)15/h2-5,11-12,16-18,28H,6-10,25H2,1H3,(H2,26,32)(H2,27,33)(H,29,34)(H,30,35)(H,31,36)(H,37,38). The molecule has 4 atom stereocenters. The molecule has 0 fully saturated rings. The minimum atomic E-state index is -1.37. The second-order valence-electron chi connectivity index (χ2n) is 8.88. The first-order valence-electron chi connectivity index (χ1n) is 11.9. The van der Waals surface area contributed by atoms with E-state index < -0.39 is 59.7 Å². The van der Waals surface area contributed by atoms with Crippen molar-refractivity contribution in [2.24, 2.45) is 17.2 Å². The number of carbonyl (C=O) groups is 6. The number of amides is 5. The summed E-state index contributed by atoms with van der Waals surface area (Å²) in [5.41, 5.74) is 17.3. The average molecular weight is 532 g/mol. The third-order valence-electron chi connectivity index (χ3n) is 5.75. The van der Waals surface area contributed by atoms with E-state index in [1.807, 2.05) is 12.1 Å². The van der Waals surface area contributed by atoms with Crippen LogP contribution in [0, 0.1) is 0 Å². The number of para-hydroxylation sites is 1. The van der Waals surface area contributed by atoms with Gasteiger partial charge in [-0.1, -0.05) is 18.2 Å². The molecule has 11 N–H and O–H groups in total. The fourth-order valence-corrected chi connectivity index (χ4v) is 3.68. The fraction of sp³-hybridized carbons (Fsp3) is 0.417. The van der Waals surface area contributed by atoms with Crippen LogP contribution in [0.2, 0.25) is 0 Å². The van der Waals surface area contributed by atoms with Crippen molar-refractivity contribution < 1.29 is 33.9 Å². The Morgan fingerprint density at radius 1 is 0.842 bits per heavy atom. The van der Waals surface area contributed by atoms with Gasteiger partial charge in [0.2, 0.25) is 29.5 Å². The van der Waals surface area contributed by atoms with Crippen LogP contribution >= 0.6 is 0 Å². The number of rotatable bonds is 15. The zero-order valence-corrected chi connectivity index (χ0v) is 20.9. The van der Waals surface area contributed by atoms with Crippen LogP contribution in [0.5, 0.6) is 0 Å². The Morgan fingerprint density at radius 3 is 1.84 bits per heavy atom. The van der Waals surface area contributed by atoms with Gasteiger partial charge < -0.3 is 43.2 Å². The van der Waals surface area contributed by atoms with Gasteiger partial charge >= 0.3 is 5.97 Å². The largest absolute Gasteiger partial charge is 0.480 e. The van der Waals surface area contributed by atoms with Crippen molar-refractivity contribution >= 4 is 46.4 Å². The maximum Gasteiger partial charge on any atom is 0.326 e. The molecule has 0 aliphatic carbocycles. The Balaban J connectivity index is 2.21. The van der Waals surface area contributed by atoms with Crippen LogP contribution in [0.3, 0.4) is 0 Å². The molecule has 206 valence electrons. The summed E-state index contributed by atoms with van der Waals surface area (Å²) in [4.78, 5) is 75.7. The lowest BCUT2D eigenvalue weighted by Gasteiger charge is -2.24. The van der Waals surface area contributed by atoms with Crippen molar-refractivity contribution in [2.45, 2.75) is 63.2 Å². The lowest BCUT2D eigenvalue weighted by atomic mass is 10.0. The molecule has 0 aliphatic rings. The number of aromatic amines is 1. The molecule has 2 rings (SSSR count). The average Bonchev–Trinajstić information content (AvgIpc) is 3.25. The molecule has 0 spiro atoms. The van der Waals surface area contributed by atoms with Gasteiger partial charge in [0.15, 0.2) is 0 Å². The van der Waals surface area contributed by atoms with Gasteiger partial charge in [0, 0.05) is 36.4 Å². The first-order chi connectivity index (χ1) is 17.9. The van der Waals surface area contributed by atoms with Gasteiger partial charge in [-0.15, -0.1) is 0 Å². The zero-order chi connectivity index (χ0) is 28.4. The van der Waals surface area contributed by atoms with Crippen molar-refractivity contribution in [3.8, 4) is 0 Å². The summed E-state index contributed by atoms with van der Waals surface area (Å²) >= 11 is 0. The molecule has 2 aromatic rings. The summed E-state index contributed by atoms with van der Waals surface area (Å²) in [5, 5.41) is 17.7. The summed E-state index contributed by atoms with van der Waals surface area (Å²) in [5.74, 6) is -5.19. The summed E-state index contributed by atoms with van der Waals surface area (Å²) in [6, 6.07) is 2.27. The second-order valence-corrected chi connectivity index (χ2v) is 8.88. The normalized spacial score (nSPS) is 14.1. The van der Waals surface area contributed by atoms with Crippen LogP contribution in [0.4, 0.5) is 0 Å².